The van der Waals surface area contributed by atoms with Gasteiger partial charge in [0, 0.05) is 75.6 Å². The van der Waals surface area contributed by atoms with Crippen LogP contribution in [0.25, 0.3) is 10.9 Å². The van der Waals surface area contributed by atoms with Crippen molar-refractivity contribution in [3.05, 3.63) is 66.1 Å². The molecule has 182 valence electrons. The molecule has 4 N–H and O–H groups in total. The fourth-order valence-electron chi connectivity index (χ4n) is 3.68. The summed E-state index contributed by atoms with van der Waals surface area (Å²) in [5, 5.41) is 10.5. The predicted molar refractivity (Wildman–Crippen MR) is 139 cm³/mol. The smallest absolute Gasteiger partial charge is 0.231 e. The van der Waals surface area contributed by atoms with Crippen LogP contribution in [0.2, 0.25) is 0 Å². The number of hydrogen-bond acceptors (Lipinski definition) is 8. The van der Waals surface area contributed by atoms with E-state index in [1.165, 1.54) is 17.9 Å². The first-order chi connectivity index (χ1) is 17.1. The molecule has 0 spiro atoms. The number of anilines is 3. The highest BCUT2D eigenvalue weighted by Crippen LogP contribution is 2.18. The van der Waals surface area contributed by atoms with Crippen LogP contribution in [0.1, 0.15) is 18.2 Å². The van der Waals surface area contributed by atoms with Crippen LogP contribution in [-0.2, 0) is 17.6 Å². The van der Waals surface area contributed by atoms with E-state index in [0.717, 1.165) is 24.1 Å². The number of hydrogen-bond donors (Lipinski definition) is 4. The lowest BCUT2D eigenvalue weighted by Gasteiger charge is -2.18. The molecule has 0 bridgehead atoms. The highest BCUT2D eigenvalue weighted by Gasteiger charge is 2.12. The standard InChI is InChI=1S/C25H31N9O/c1-18(35)26-14-15-29-24-31-23(28-13-10-19-17-30-22-9-4-3-8-21(19)22)32-25(33-24)34(2)16-11-20-7-5-6-12-27-20/h3-9,12,17,30H,10-11,13-16H2,1-2H3,(H,26,35)(H2,28,29,31,32,33). The number of pyridine rings is 1. The lowest BCUT2D eigenvalue weighted by atomic mass is 10.1. The third kappa shape index (κ3) is 6.89. The highest BCUT2D eigenvalue weighted by molar-refractivity contribution is 5.83. The van der Waals surface area contributed by atoms with Crippen molar-refractivity contribution in [3.63, 3.8) is 0 Å². The molecule has 4 rings (SSSR count). The molecule has 0 unspecified atom stereocenters. The van der Waals surface area contributed by atoms with E-state index in [-0.39, 0.29) is 5.91 Å². The molecular weight excluding hydrogens is 442 g/mol. The van der Waals surface area contributed by atoms with Gasteiger partial charge < -0.3 is 25.8 Å². The van der Waals surface area contributed by atoms with Crippen molar-refractivity contribution < 1.29 is 4.79 Å². The zero-order chi connectivity index (χ0) is 24.5. The van der Waals surface area contributed by atoms with E-state index in [4.69, 9.17) is 0 Å². The minimum atomic E-state index is -0.0722. The molecule has 1 amide bonds. The van der Waals surface area contributed by atoms with E-state index in [2.05, 4.69) is 53.0 Å². The van der Waals surface area contributed by atoms with Crippen LogP contribution in [0, 0.1) is 0 Å². The number of nitrogens with zero attached hydrogens (tertiary/aromatic N) is 5. The van der Waals surface area contributed by atoms with E-state index < -0.39 is 0 Å². The van der Waals surface area contributed by atoms with Crippen LogP contribution in [-0.4, -0.2) is 64.1 Å². The minimum Gasteiger partial charge on any atom is -0.361 e. The maximum absolute atomic E-state index is 11.1. The van der Waals surface area contributed by atoms with Gasteiger partial charge in [0.2, 0.25) is 23.8 Å². The maximum Gasteiger partial charge on any atom is 0.231 e. The summed E-state index contributed by atoms with van der Waals surface area (Å²) < 4.78 is 0. The Kier molecular flexibility index (Phi) is 8.05. The topological polar surface area (TPSA) is 124 Å². The van der Waals surface area contributed by atoms with Gasteiger partial charge in [0.25, 0.3) is 0 Å². The molecule has 0 aliphatic heterocycles. The molecule has 0 saturated carbocycles. The number of fused-ring (bicyclic) bond motifs is 1. The number of benzene rings is 1. The maximum atomic E-state index is 11.1. The second-order valence-corrected chi connectivity index (χ2v) is 8.22. The van der Waals surface area contributed by atoms with Gasteiger partial charge in [-0.2, -0.15) is 15.0 Å². The van der Waals surface area contributed by atoms with Crippen LogP contribution in [0.15, 0.2) is 54.9 Å². The Morgan fingerprint density at radius 1 is 0.943 bits per heavy atom. The Morgan fingerprint density at radius 2 is 1.71 bits per heavy atom. The zero-order valence-corrected chi connectivity index (χ0v) is 20.1. The SMILES string of the molecule is CC(=O)NCCNc1nc(NCCc2c[nH]c3ccccc23)nc(N(C)CCc2ccccn2)n1. The number of para-hydroxylation sites is 1. The fourth-order valence-corrected chi connectivity index (χ4v) is 3.68. The number of carbonyl (C=O) groups is 1. The number of H-pyrrole nitrogens is 1. The summed E-state index contributed by atoms with van der Waals surface area (Å²) in [6.45, 7) is 3.87. The van der Waals surface area contributed by atoms with Crippen molar-refractivity contribution in [1.82, 2.24) is 30.2 Å². The molecule has 35 heavy (non-hydrogen) atoms. The van der Waals surface area contributed by atoms with Crippen molar-refractivity contribution in [2.24, 2.45) is 0 Å². The van der Waals surface area contributed by atoms with Gasteiger partial charge in [-0.1, -0.05) is 24.3 Å². The molecule has 0 aliphatic rings. The van der Waals surface area contributed by atoms with Crippen LogP contribution in [0.5, 0.6) is 0 Å². The quantitative estimate of drug-likeness (QED) is 0.232. The van der Waals surface area contributed by atoms with Crippen molar-refractivity contribution >= 4 is 34.7 Å². The number of rotatable bonds is 12. The highest BCUT2D eigenvalue weighted by atomic mass is 16.1. The van der Waals surface area contributed by atoms with Gasteiger partial charge >= 0.3 is 0 Å². The Labute approximate surface area is 204 Å². The molecule has 3 aromatic heterocycles. The average Bonchev–Trinajstić information content (AvgIpc) is 3.29. The van der Waals surface area contributed by atoms with E-state index in [1.807, 2.05) is 48.5 Å². The van der Waals surface area contributed by atoms with E-state index in [0.29, 0.717) is 44.0 Å². The van der Waals surface area contributed by atoms with Gasteiger partial charge in [-0.05, 0) is 30.2 Å². The largest absolute Gasteiger partial charge is 0.361 e. The first kappa shape index (κ1) is 23.9. The molecule has 4 aromatic rings. The van der Waals surface area contributed by atoms with Crippen LogP contribution in [0.4, 0.5) is 17.8 Å². The lowest BCUT2D eigenvalue weighted by molar-refractivity contribution is -0.118. The van der Waals surface area contributed by atoms with Crippen LogP contribution < -0.4 is 20.9 Å². The summed E-state index contributed by atoms with van der Waals surface area (Å²) >= 11 is 0. The van der Waals surface area contributed by atoms with Crippen molar-refractivity contribution in [2.45, 2.75) is 19.8 Å². The molecule has 0 aliphatic carbocycles. The summed E-state index contributed by atoms with van der Waals surface area (Å²) in [6.07, 6.45) is 5.44. The lowest BCUT2D eigenvalue weighted by Crippen LogP contribution is -2.28. The fraction of sp³-hybridized carbons (Fsp3) is 0.320. The van der Waals surface area contributed by atoms with Gasteiger partial charge in [0.15, 0.2) is 0 Å². The Balaban J connectivity index is 1.42. The van der Waals surface area contributed by atoms with Gasteiger partial charge in [-0.15, -0.1) is 0 Å². The van der Waals surface area contributed by atoms with Crippen molar-refractivity contribution in [1.29, 1.82) is 0 Å². The second-order valence-electron chi connectivity index (χ2n) is 8.22. The first-order valence-corrected chi connectivity index (χ1v) is 11.7. The van der Waals surface area contributed by atoms with E-state index in [9.17, 15) is 4.79 Å². The molecule has 1 aromatic carbocycles. The molecular formula is C25H31N9O. The molecule has 10 nitrogen and oxygen atoms in total. The molecule has 0 fully saturated rings. The van der Waals surface area contributed by atoms with Gasteiger partial charge in [-0.3, -0.25) is 9.78 Å². The minimum absolute atomic E-state index is 0.0722. The van der Waals surface area contributed by atoms with Crippen LogP contribution in [0.3, 0.4) is 0 Å². The summed E-state index contributed by atoms with van der Waals surface area (Å²) in [7, 11) is 1.95. The number of aromatic nitrogens is 5. The van der Waals surface area contributed by atoms with Crippen molar-refractivity contribution in [3.8, 4) is 0 Å². The molecule has 3 heterocycles. The van der Waals surface area contributed by atoms with E-state index in [1.54, 1.807) is 6.20 Å². The van der Waals surface area contributed by atoms with E-state index >= 15 is 0 Å². The molecule has 10 heteroatoms. The number of amides is 1. The Hall–Kier alpha value is -4.21. The monoisotopic (exact) mass is 473 g/mol. The predicted octanol–water partition coefficient (Wildman–Crippen LogP) is 2.63. The van der Waals surface area contributed by atoms with Gasteiger partial charge in [0.05, 0.1) is 0 Å². The zero-order valence-electron chi connectivity index (χ0n) is 20.1. The summed E-state index contributed by atoms with van der Waals surface area (Å²) in [4.78, 5) is 34.6. The normalized spacial score (nSPS) is 10.8. The molecule has 0 saturated heterocycles. The summed E-state index contributed by atoms with van der Waals surface area (Å²) in [5.74, 6) is 1.45. The summed E-state index contributed by atoms with van der Waals surface area (Å²) in [6, 6.07) is 14.2. The Morgan fingerprint density at radius 3 is 2.49 bits per heavy atom. The van der Waals surface area contributed by atoms with Crippen molar-refractivity contribution in [2.75, 3.05) is 48.8 Å². The number of carbonyl (C=O) groups excluding carboxylic acids is 1. The number of aromatic amines is 1. The summed E-state index contributed by atoms with van der Waals surface area (Å²) in [5.41, 5.74) is 3.38. The van der Waals surface area contributed by atoms with Gasteiger partial charge in [-0.25, -0.2) is 0 Å². The third-order valence-corrected chi connectivity index (χ3v) is 5.53. The van der Waals surface area contributed by atoms with Crippen LogP contribution >= 0.6 is 0 Å². The number of likely N-dealkylation sites (N-methyl/N-ethyl adjacent to an activating group) is 1. The average molecular weight is 474 g/mol. The Bertz CT molecular complexity index is 1240. The first-order valence-electron chi connectivity index (χ1n) is 11.7. The molecule has 0 radical (unpaired) electrons. The van der Waals surface area contributed by atoms with Gasteiger partial charge in [0.1, 0.15) is 0 Å². The number of nitrogens with one attached hydrogen (secondary N) is 4. The second kappa shape index (κ2) is 11.8. The molecule has 0 atom stereocenters. The third-order valence-electron chi connectivity index (χ3n) is 5.53.